The Morgan fingerprint density at radius 2 is 0.774 bits per heavy atom. The summed E-state index contributed by atoms with van der Waals surface area (Å²) in [6.45, 7) is 0. The van der Waals surface area contributed by atoms with Crippen molar-refractivity contribution < 1.29 is 0 Å². The molecule has 0 N–H and O–H groups in total. The van der Waals surface area contributed by atoms with Gasteiger partial charge in [-0.25, -0.2) is 0 Å². The van der Waals surface area contributed by atoms with Crippen LogP contribution in [0.4, 0.5) is 0 Å². The van der Waals surface area contributed by atoms with Gasteiger partial charge in [-0.2, -0.15) is 0 Å². The van der Waals surface area contributed by atoms with Gasteiger partial charge in [0.2, 0.25) is 0 Å². The van der Waals surface area contributed by atoms with Crippen molar-refractivity contribution in [1.82, 2.24) is 0 Å². The molecule has 31 heavy (non-hydrogen) atoms. The van der Waals surface area contributed by atoms with Crippen LogP contribution < -0.4 is 0 Å². The molecule has 0 aromatic carbocycles. The summed E-state index contributed by atoms with van der Waals surface area (Å²) in [5.41, 5.74) is 11.8. The van der Waals surface area contributed by atoms with E-state index in [1.165, 1.54) is 50.1 Å². The van der Waals surface area contributed by atoms with Crippen LogP contribution in [0.2, 0.25) is 0 Å². The lowest BCUT2D eigenvalue weighted by Gasteiger charge is -2.19. The van der Waals surface area contributed by atoms with E-state index < -0.39 is 0 Å². The first kappa shape index (κ1) is 17.9. The molecule has 0 heteroatoms. The van der Waals surface area contributed by atoms with E-state index in [1.807, 2.05) is 0 Å². The predicted molar refractivity (Wildman–Crippen MR) is 130 cm³/mol. The Kier molecular flexibility index (Phi) is 4.28. The highest BCUT2D eigenvalue weighted by molar-refractivity contribution is 5.78. The Balaban J connectivity index is 1.62. The molecule has 0 heterocycles. The Bertz CT molecular complexity index is 1290. The molecular formula is C31H22. The molecule has 0 saturated carbocycles. The third kappa shape index (κ3) is 3.08. The maximum atomic E-state index is 2.31. The van der Waals surface area contributed by atoms with Gasteiger partial charge in [0.1, 0.15) is 0 Å². The second-order valence-electron chi connectivity index (χ2n) is 8.17. The van der Waals surface area contributed by atoms with Crippen molar-refractivity contribution in [1.29, 1.82) is 0 Å². The van der Waals surface area contributed by atoms with Gasteiger partial charge in [-0.05, 0) is 50.1 Å². The monoisotopic (exact) mass is 394 g/mol. The summed E-state index contributed by atoms with van der Waals surface area (Å²) < 4.78 is 0. The fourth-order valence-corrected chi connectivity index (χ4v) is 4.88. The number of fused-ring (bicyclic) bond motifs is 3. The van der Waals surface area contributed by atoms with E-state index in [2.05, 4.69) is 127 Å². The van der Waals surface area contributed by atoms with Crippen molar-refractivity contribution in [3.8, 4) is 33.4 Å². The lowest BCUT2D eigenvalue weighted by Crippen LogP contribution is -2.02. The van der Waals surface area contributed by atoms with E-state index in [-0.39, 0.29) is 5.92 Å². The summed E-state index contributed by atoms with van der Waals surface area (Å²) in [4.78, 5) is 0. The van der Waals surface area contributed by atoms with Crippen LogP contribution in [-0.2, 0) is 0 Å². The maximum absolute atomic E-state index is 2.31. The first-order chi connectivity index (χ1) is 15.4. The molecule has 0 radical (unpaired) electrons. The summed E-state index contributed by atoms with van der Waals surface area (Å²) in [7, 11) is 0. The molecule has 0 saturated heterocycles. The molecule has 0 unspecified atom stereocenters. The number of hydrogen-bond acceptors (Lipinski definition) is 0. The number of rotatable bonds is 3. The number of hydrogen-bond donors (Lipinski definition) is 0. The van der Waals surface area contributed by atoms with Gasteiger partial charge in [0.05, 0.1) is 0 Å². The van der Waals surface area contributed by atoms with Gasteiger partial charge in [0, 0.05) is 5.92 Å². The van der Waals surface area contributed by atoms with Crippen molar-refractivity contribution in [2.24, 2.45) is 0 Å². The van der Waals surface area contributed by atoms with Crippen molar-refractivity contribution >= 4 is 0 Å². The Labute approximate surface area is 183 Å². The molecule has 6 rings (SSSR count). The molecule has 0 spiro atoms. The van der Waals surface area contributed by atoms with Gasteiger partial charge in [-0.3, -0.25) is 0 Å². The van der Waals surface area contributed by atoms with Gasteiger partial charge in [0.25, 0.3) is 0 Å². The fraction of sp³-hybridized carbons (Fsp3) is 0.0323. The second-order valence-corrected chi connectivity index (χ2v) is 8.17. The van der Waals surface area contributed by atoms with E-state index in [0.717, 1.165) is 0 Å². The first-order valence-corrected chi connectivity index (χ1v) is 10.8. The van der Waals surface area contributed by atoms with Crippen molar-refractivity contribution in [3.05, 3.63) is 144 Å². The van der Waals surface area contributed by atoms with Crippen LogP contribution in [0, 0.1) is 0 Å². The normalized spacial score (nSPS) is 11.5. The molecule has 6 aliphatic carbocycles. The second kappa shape index (κ2) is 7.41. The third-order valence-electron chi connectivity index (χ3n) is 6.40. The minimum absolute atomic E-state index is 0.163. The minimum atomic E-state index is 0.163. The van der Waals surface area contributed by atoms with E-state index in [9.17, 15) is 0 Å². The average molecular weight is 395 g/mol. The summed E-state index contributed by atoms with van der Waals surface area (Å²) in [6, 6.07) is 46.4. The predicted octanol–water partition coefficient (Wildman–Crippen LogP) is 8.18. The zero-order valence-corrected chi connectivity index (χ0v) is 17.2. The van der Waals surface area contributed by atoms with E-state index in [1.54, 1.807) is 0 Å². The largest absolute Gasteiger partial charge is 0.0622 e. The zero-order valence-electron chi connectivity index (χ0n) is 17.2. The molecular weight excluding hydrogens is 372 g/mol. The first-order valence-electron chi connectivity index (χ1n) is 10.8. The smallest absolute Gasteiger partial charge is 0.0352 e. The van der Waals surface area contributed by atoms with Crippen LogP contribution in [-0.4, -0.2) is 0 Å². The topological polar surface area (TPSA) is 0 Å². The van der Waals surface area contributed by atoms with E-state index in [4.69, 9.17) is 0 Å². The van der Waals surface area contributed by atoms with Crippen molar-refractivity contribution in [2.45, 2.75) is 5.92 Å². The lowest BCUT2D eigenvalue weighted by atomic mass is 9.84. The lowest BCUT2D eigenvalue weighted by molar-refractivity contribution is 0.998. The summed E-state index contributed by atoms with van der Waals surface area (Å²) in [6.07, 6.45) is 0. The highest BCUT2D eigenvalue weighted by atomic mass is 14.3. The molecule has 0 amide bonds. The van der Waals surface area contributed by atoms with Gasteiger partial charge in [0.15, 0.2) is 0 Å². The average Bonchev–Trinajstić information content (AvgIpc) is 3.34. The molecule has 0 atom stereocenters. The van der Waals surface area contributed by atoms with Crippen LogP contribution in [0.25, 0.3) is 33.4 Å². The van der Waals surface area contributed by atoms with Gasteiger partial charge >= 0.3 is 0 Å². The SMILES string of the molecule is c1ccc2ccc(C(c3ccc4cccc-4cc3)c3ccc4cccccc3-4)c-2cc1. The maximum Gasteiger partial charge on any atom is 0.0352 e. The summed E-state index contributed by atoms with van der Waals surface area (Å²) in [5.74, 6) is 0.163. The standard InChI is InChI=1S/C31H22/c1-3-8-24-18-20-29(27(24)12-5-1)31(26-16-14-22-10-7-11-23(22)15-17-26)30-21-19-25-9-4-2-6-13-28(25)30/h1-21,31H. The van der Waals surface area contributed by atoms with E-state index >= 15 is 0 Å². The van der Waals surface area contributed by atoms with Gasteiger partial charge in [-0.15, -0.1) is 0 Å². The Morgan fingerprint density at radius 3 is 1.32 bits per heavy atom. The molecule has 0 fully saturated rings. The molecule has 0 bridgehead atoms. The van der Waals surface area contributed by atoms with Crippen molar-refractivity contribution in [2.75, 3.05) is 0 Å². The molecule has 6 aliphatic rings. The molecule has 0 nitrogen and oxygen atoms in total. The quantitative estimate of drug-likeness (QED) is 0.284. The minimum Gasteiger partial charge on any atom is -0.0622 e. The Morgan fingerprint density at radius 1 is 0.323 bits per heavy atom. The third-order valence-corrected chi connectivity index (χ3v) is 6.40. The van der Waals surface area contributed by atoms with E-state index in [0.29, 0.717) is 0 Å². The Hall–Kier alpha value is -3.90. The molecule has 146 valence electrons. The zero-order chi connectivity index (χ0) is 20.6. The van der Waals surface area contributed by atoms with Crippen LogP contribution in [0.3, 0.4) is 0 Å². The van der Waals surface area contributed by atoms with Crippen LogP contribution in [0.5, 0.6) is 0 Å². The van der Waals surface area contributed by atoms with Crippen LogP contribution >= 0.6 is 0 Å². The van der Waals surface area contributed by atoms with Crippen molar-refractivity contribution in [3.63, 3.8) is 0 Å². The summed E-state index contributed by atoms with van der Waals surface area (Å²) in [5, 5.41) is 0. The molecule has 0 aromatic rings. The van der Waals surface area contributed by atoms with Crippen LogP contribution in [0.15, 0.2) is 127 Å². The van der Waals surface area contributed by atoms with Gasteiger partial charge in [-0.1, -0.05) is 127 Å². The van der Waals surface area contributed by atoms with Crippen LogP contribution in [0.1, 0.15) is 22.6 Å². The highest BCUT2D eigenvalue weighted by Gasteiger charge is 2.25. The summed E-state index contributed by atoms with van der Waals surface area (Å²) >= 11 is 0. The van der Waals surface area contributed by atoms with Gasteiger partial charge < -0.3 is 0 Å². The highest BCUT2D eigenvalue weighted by Crippen LogP contribution is 2.44. The fourth-order valence-electron chi connectivity index (χ4n) is 4.88. The molecule has 0 aromatic heterocycles. The molecule has 0 aliphatic heterocycles.